The van der Waals surface area contributed by atoms with Crippen LogP contribution < -0.4 is 20.3 Å². The summed E-state index contributed by atoms with van der Waals surface area (Å²) >= 11 is 0. The Bertz CT molecular complexity index is 934. The summed E-state index contributed by atoms with van der Waals surface area (Å²) in [6.45, 7) is 4.90. The Kier molecular flexibility index (Phi) is 5.79. The third-order valence-corrected chi connectivity index (χ3v) is 5.08. The van der Waals surface area contributed by atoms with Crippen molar-refractivity contribution >= 4 is 23.0 Å². The minimum absolute atomic E-state index is 0.685. The highest BCUT2D eigenvalue weighted by Gasteiger charge is 2.12. The van der Waals surface area contributed by atoms with E-state index in [4.69, 9.17) is 4.74 Å². The fourth-order valence-electron chi connectivity index (χ4n) is 3.54. The predicted molar refractivity (Wildman–Crippen MR) is 118 cm³/mol. The van der Waals surface area contributed by atoms with Gasteiger partial charge < -0.3 is 20.3 Å². The van der Waals surface area contributed by atoms with Crippen molar-refractivity contribution in [3.63, 3.8) is 0 Å². The van der Waals surface area contributed by atoms with E-state index in [9.17, 15) is 0 Å². The van der Waals surface area contributed by atoms with Crippen molar-refractivity contribution in [2.75, 3.05) is 35.7 Å². The van der Waals surface area contributed by atoms with Crippen LogP contribution in [0.5, 0.6) is 5.75 Å². The summed E-state index contributed by atoms with van der Waals surface area (Å²) < 4.78 is 5.20. The number of hydrogen-bond acceptors (Lipinski definition) is 6. The zero-order valence-electron chi connectivity index (χ0n) is 17.0. The van der Waals surface area contributed by atoms with Gasteiger partial charge in [0.1, 0.15) is 23.2 Å². The average Bonchev–Trinajstić information content (AvgIpc) is 3.28. The van der Waals surface area contributed by atoms with E-state index in [0.717, 1.165) is 47.5 Å². The van der Waals surface area contributed by atoms with Crippen molar-refractivity contribution in [2.24, 2.45) is 0 Å². The minimum Gasteiger partial charge on any atom is -0.497 e. The summed E-state index contributed by atoms with van der Waals surface area (Å²) in [5, 5.41) is 6.76. The molecule has 1 aliphatic heterocycles. The average molecular weight is 390 g/mol. The van der Waals surface area contributed by atoms with Crippen molar-refractivity contribution in [1.29, 1.82) is 0 Å². The fourth-order valence-corrected chi connectivity index (χ4v) is 3.54. The molecule has 1 saturated heterocycles. The van der Waals surface area contributed by atoms with Gasteiger partial charge in [0.15, 0.2) is 0 Å². The van der Waals surface area contributed by atoms with Crippen LogP contribution in [0, 0.1) is 6.92 Å². The first-order chi connectivity index (χ1) is 14.2. The van der Waals surface area contributed by atoms with E-state index in [1.165, 1.54) is 18.5 Å². The number of rotatable bonds is 7. The van der Waals surface area contributed by atoms with Crippen molar-refractivity contribution in [3.8, 4) is 5.75 Å². The van der Waals surface area contributed by atoms with E-state index in [2.05, 4.69) is 49.8 Å². The van der Waals surface area contributed by atoms with Crippen LogP contribution in [0.2, 0.25) is 0 Å². The molecule has 2 heterocycles. The SMILES string of the molecule is COc1ccc(CNc2cc(Nc3ccc(N4CCCC4)cc3)nc(C)n2)cc1. The van der Waals surface area contributed by atoms with Crippen LogP contribution in [0.15, 0.2) is 54.6 Å². The van der Waals surface area contributed by atoms with E-state index in [-0.39, 0.29) is 0 Å². The summed E-state index contributed by atoms with van der Waals surface area (Å²) in [6, 6.07) is 18.5. The van der Waals surface area contributed by atoms with Crippen molar-refractivity contribution in [3.05, 3.63) is 66.0 Å². The molecule has 0 unspecified atom stereocenters. The van der Waals surface area contributed by atoms with Crippen LogP contribution >= 0.6 is 0 Å². The van der Waals surface area contributed by atoms with Gasteiger partial charge in [0.05, 0.1) is 7.11 Å². The monoisotopic (exact) mass is 389 g/mol. The minimum atomic E-state index is 0.685. The summed E-state index contributed by atoms with van der Waals surface area (Å²) in [5.41, 5.74) is 3.47. The zero-order chi connectivity index (χ0) is 20.1. The highest BCUT2D eigenvalue weighted by Crippen LogP contribution is 2.24. The molecular formula is C23H27N5O. The van der Waals surface area contributed by atoms with Crippen LogP contribution in [0.3, 0.4) is 0 Å². The quantitative estimate of drug-likeness (QED) is 0.608. The molecular weight excluding hydrogens is 362 g/mol. The van der Waals surface area contributed by atoms with Crippen molar-refractivity contribution in [2.45, 2.75) is 26.3 Å². The van der Waals surface area contributed by atoms with Crippen LogP contribution in [0.1, 0.15) is 24.2 Å². The van der Waals surface area contributed by atoms with E-state index >= 15 is 0 Å². The Morgan fingerprint density at radius 3 is 2.31 bits per heavy atom. The second-order valence-electron chi connectivity index (χ2n) is 7.25. The lowest BCUT2D eigenvalue weighted by molar-refractivity contribution is 0.414. The molecule has 0 radical (unpaired) electrons. The van der Waals surface area contributed by atoms with Gasteiger partial charge in [0.2, 0.25) is 0 Å². The lowest BCUT2D eigenvalue weighted by Gasteiger charge is -2.18. The number of nitrogens with zero attached hydrogens (tertiary/aromatic N) is 3. The lowest BCUT2D eigenvalue weighted by Crippen LogP contribution is -2.17. The first-order valence-corrected chi connectivity index (χ1v) is 10.0. The van der Waals surface area contributed by atoms with E-state index < -0.39 is 0 Å². The van der Waals surface area contributed by atoms with E-state index in [1.54, 1.807) is 7.11 Å². The van der Waals surface area contributed by atoms with Crippen molar-refractivity contribution < 1.29 is 4.74 Å². The van der Waals surface area contributed by atoms with Gasteiger partial charge in [-0.25, -0.2) is 9.97 Å². The summed E-state index contributed by atoms with van der Waals surface area (Å²) in [4.78, 5) is 11.4. The second-order valence-corrected chi connectivity index (χ2v) is 7.25. The lowest BCUT2D eigenvalue weighted by atomic mass is 10.2. The molecule has 4 rings (SSSR count). The predicted octanol–water partition coefficient (Wildman–Crippen LogP) is 4.75. The molecule has 0 aliphatic carbocycles. The molecule has 0 amide bonds. The molecule has 0 spiro atoms. The zero-order valence-corrected chi connectivity index (χ0v) is 17.0. The van der Waals surface area contributed by atoms with E-state index in [1.807, 2.05) is 37.3 Å². The first-order valence-electron chi connectivity index (χ1n) is 10.0. The fraction of sp³-hybridized carbons (Fsp3) is 0.304. The van der Waals surface area contributed by atoms with Gasteiger partial charge in [0, 0.05) is 37.1 Å². The molecule has 150 valence electrons. The molecule has 3 aromatic rings. The van der Waals surface area contributed by atoms with Crippen LogP contribution in [-0.2, 0) is 6.54 Å². The molecule has 0 atom stereocenters. The number of methoxy groups -OCH3 is 1. The molecule has 2 aromatic carbocycles. The smallest absolute Gasteiger partial charge is 0.136 e. The molecule has 0 saturated carbocycles. The first kappa shape index (κ1) is 19.1. The normalized spacial score (nSPS) is 13.4. The Balaban J connectivity index is 1.40. The highest BCUT2D eigenvalue weighted by molar-refractivity contribution is 5.62. The number of ether oxygens (including phenoxy) is 1. The molecule has 6 heteroatoms. The summed E-state index contributed by atoms with van der Waals surface area (Å²) in [5.74, 6) is 3.16. The maximum Gasteiger partial charge on any atom is 0.136 e. The van der Waals surface area contributed by atoms with E-state index in [0.29, 0.717) is 6.54 Å². The van der Waals surface area contributed by atoms with Crippen LogP contribution in [-0.4, -0.2) is 30.2 Å². The summed E-state index contributed by atoms with van der Waals surface area (Å²) in [6.07, 6.45) is 2.57. The molecule has 1 aromatic heterocycles. The van der Waals surface area contributed by atoms with Crippen molar-refractivity contribution in [1.82, 2.24) is 9.97 Å². The number of aromatic nitrogens is 2. The number of hydrogen-bond donors (Lipinski definition) is 2. The van der Waals surface area contributed by atoms with Crippen LogP contribution in [0.4, 0.5) is 23.0 Å². The highest BCUT2D eigenvalue weighted by atomic mass is 16.5. The number of benzene rings is 2. The standard InChI is InChI=1S/C23H27N5O/c1-17-25-22(24-16-18-5-11-21(29-2)12-6-18)15-23(26-17)27-19-7-9-20(10-8-19)28-13-3-4-14-28/h5-12,15H,3-4,13-14,16H2,1-2H3,(H2,24,25,26,27). The molecule has 1 aliphatic rings. The molecule has 2 N–H and O–H groups in total. The molecule has 29 heavy (non-hydrogen) atoms. The van der Waals surface area contributed by atoms with Gasteiger partial charge in [-0.05, 0) is 61.7 Å². The maximum atomic E-state index is 5.20. The molecule has 6 nitrogen and oxygen atoms in total. The number of anilines is 4. The summed E-state index contributed by atoms with van der Waals surface area (Å²) in [7, 11) is 1.67. The molecule has 1 fully saturated rings. The molecule has 0 bridgehead atoms. The topological polar surface area (TPSA) is 62.3 Å². The maximum absolute atomic E-state index is 5.20. The second kappa shape index (κ2) is 8.82. The largest absolute Gasteiger partial charge is 0.497 e. The van der Waals surface area contributed by atoms with Gasteiger partial charge in [-0.3, -0.25) is 0 Å². The van der Waals surface area contributed by atoms with Gasteiger partial charge in [-0.15, -0.1) is 0 Å². The van der Waals surface area contributed by atoms with Gasteiger partial charge >= 0.3 is 0 Å². The van der Waals surface area contributed by atoms with Gasteiger partial charge in [-0.2, -0.15) is 0 Å². The van der Waals surface area contributed by atoms with Gasteiger partial charge in [0.25, 0.3) is 0 Å². The van der Waals surface area contributed by atoms with Gasteiger partial charge in [-0.1, -0.05) is 12.1 Å². The number of nitrogens with one attached hydrogen (secondary N) is 2. The third kappa shape index (κ3) is 4.96. The number of aryl methyl sites for hydroxylation is 1. The Morgan fingerprint density at radius 1 is 0.931 bits per heavy atom. The third-order valence-electron chi connectivity index (χ3n) is 5.08. The Hall–Kier alpha value is -3.28. The Labute approximate surface area is 172 Å². The Morgan fingerprint density at radius 2 is 1.62 bits per heavy atom. The van der Waals surface area contributed by atoms with Crippen LogP contribution in [0.25, 0.3) is 0 Å².